The zero-order valence-corrected chi connectivity index (χ0v) is 12.0. The van der Waals surface area contributed by atoms with E-state index in [0.717, 1.165) is 31.5 Å². The number of pyridine rings is 1. The third kappa shape index (κ3) is 2.63. The number of hydrogen-bond donors (Lipinski definition) is 1. The zero-order chi connectivity index (χ0) is 13.9. The van der Waals surface area contributed by atoms with Crippen LogP contribution in [0, 0.1) is 5.41 Å². The van der Waals surface area contributed by atoms with Gasteiger partial charge < -0.3 is 10.2 Å². The molecule has 19 heavy (non-hydrogen) atoms. The third-order valence-corrected chi connectivity index (χ3v) is 4.46. The van der Waals surface area contributed by atoms with Crippen molar-refractivity contribution < 1.29 is 4.79 Å². The van der Waals surface area contributed by atoms with Gasteiger partial charge in [0.1, 0.15) is 0 Å². The number of carbonyl (C=O) groups is 1. The van der Waals surface area contributed by atoms with E-state index >= 15 is 0 Å². The second kappa shape index (κ2) is 5.70. The maximum atomic E-state index is 12.8. The molecule has 0 radical (unpaired) electrons. The lowest BCUT2D eigenvalue weighted by Gasteiger charge is -2.34. The molecule has 4 nitrogen and oxygen atoms in total. The molecule has 1 saturated heterocycles. The molecular weight excluding hydrogens is 238 g/mol. The molecule has 0 bridgehead atoms. The number of rotatable bonds is 4. The number of nitrogens with zero attached hydrogens (tertiary/aromatic N) is 2. The summed E-state index contributed by atoms with van der Waals surface area (Å²) in [5.41, 5.74) is 0.916. The topological polar surface area (TPSA) is 45.2 Å². The minimum atomic E-state index is -0.212. The standard InChI is InChI=1S/C15H23N3O/c1-4-15(7-10-17-11-15)14(19)18(3)12(2)13-5-8-16-9-6-13/h5-6,8-9,12,17H,4,7,10-11H2,1-3H3. The molecule has 1 N–H and O–H groups in total. The smallest absolute Gasteiger partial charge is 0.230 e. The van der Waals surface area contributed by atoms with Crippen LogP contribution < -0.4 is 5.32 Å². The highest BCUT2D eigenvalue weighted by molar-refractivity contribution is 5.83. The summed E-state index contributed by atoms with van der Waals surface area (Å²) in [5, 5.41) is 3.32. The van der Waals surface area contributed by atoms with Crippen molar-refractivity contribution in [2.24, 2.45) is 5.41 Å². The molecule has 0 aromatic carbocycles. The van der Waals surface area contributed by atoms with Crippen LogP contribution in [0.4, 0.5) is 0 Å². The van der Waals surface area contributed by atoms with Gasteiger partial charge in [-0.15, -0.1) is 0 Å². The minimum absolute atomic E-state index is 0.0829. The van der Waals surface area contributed by atoms with Gasteiger partial charge in [-0.2, -0.15) is 0 Å². The van der Waals surface area contributed by atoms with Crippen molar-refractivity contribution in [2.75, 3.05) is 20.1 Å². The maximum Gasteiger partial charge on any atom is 0.230 e. The molecular formula is C15H23N3O. The number of hydrogen-bond acceptors (Lipinski definition) is 3. The van der Waals surface area contributed by atoms with Gasteiger partial charge in [-0.25, -0.2) is 0 Å². The second-order valence-electron chi connectivity index (χ2n) is 5.43. The highest BCUT2D eigenvalue weighted by Gasteiger charge is 2.42. The predicted molar refractivity (Wildman–Crippen MR) is 75.6 cm³/mol. The maximum absolute atomic E-state index is 12.8. The Hall–Kier alpha value is -1.42. The van der Waals surface area contributed by atoms with Crippen molar-refractivity contribution >= 4 is 5.91 Å². The van der Waals surface area contributed by atoms with E-state index in [-0.39, 0.29) is 17.4 Å². The van der Waals surface area contributed by atoms with Gasteiger partial charge >= 0.3 is 0 Å². The molecule has 4 heteroatoms. The predicted octanol–water partition coefficient (Wildman–Crippen LogP) is 1.99. The Labute approximate surface area is 115 Å². The fourth-order valence-corrected chi connectivity index (χ4v) is 2.79. The van der Waals surface area contributed by atoms with Gasteiger partial charge in [0, 0.05) is 26.0 Å². The van der Waals surface area contributed by atoms with E-state index in [0.29, 0.717) is 0 Å². The van der Waals surface area contributed by atoms with Crippen LogP contribution >= 0.6 is 0 Å². The first-order valence-electron chi connectivity index (χ1n) is 6.98. The quantitative estimate of drug-likeness (QED) is 0.901. The van der Waals surface area contributed by atoms with Gasteiger partial charge in [-0.3, -0.25) is 9.78 Å². The Bertz CT molecular complexity index is 426. The lowest BCUT2D eigenvalue weighted by molar-refractivity contribution is -0.142. The third-order valence-electron chi connectivity index (χ3n) is 4.46. The lowest BCUT2D eigenvalue weighted by Crippen LogP contribution is -2.44. The van der Waals surface area contributed by atoms with E-state index in [1.807, 2.05) is 24.1 Å². The molecule has 1 amide bonds. The zero-order valence-electron chi connectivity index (χ0n) is 12.0. The molecule has 2 unspecified atom stereocenters. The molecule has 104 valence electrons. The molecule has 0 spiro atoms. The van der Waals surface area contributed by atoms with E-state index in [2.05, 4.69) is 24.1 Å². The normalized spacial score (nSPS) is 24.2. The van der Waals surface area contributed by atoms with Crippen LogP contribution in [0.15, 0.2) is 24.5 Å². The van der Waals surface area contributed by atoms with Crippen molar-refractivity contribution in [2.45, 2.75) is 32.7 Å². The van der Waals surface area contributed by atoms with Crippen LogP contribution in [0.25, 0.3) is 0 Å². The molecule has 1 fully saturated rings. The minimum Gasteiger partial charge on any atom is -0.338 e. The van der Waals surface area contributed by atoms with Crippen molar-refractivity contribution in [3.05, 3.63) is 30.1 Å². The molecule has 2 rings (SSSR count). The summed E-state index contributed by atoms with van der Waals surface area (Å²) in [5.74, 6) is 0.254. The van der Waals surface area contributed by atoms with Gasteiger partial charge in [0.15, 0.2) is 0 Å². The molecule has 0 aliphatic carbocycles. The van der Waals surface area contributed by atoms with E-state index in [4.69, 9.17) is 0 Å². The van der Waals surface area contributed by atoms with Crippen molar-refractivity contribution in [3.8, 4) is 0 Å². The van der Waals surface area contributed by atoms with Crippen molar-refractivity contribution in [1.82, 2.24) is 15.2 Å². The van der Waals surface area contributed by atoms with E-state index in [1.54, 1.807) is 12.4 Å². The number of amides is 1. The second-order valence-corrected chi connectivity index (χ2v) is 5.43. The van der Waals surface area contributed by atoms with Gasteiger partial charge in [-0.1, -0.05) is 6.92 Å². The van der Waals surface area contributed by atoms with Crippen LogP contribution in [0.1, 0.15) is 38.3 Å². The summed E-state index contributed by atoms with van der Waals surface area (Å²) in [7, 11) is 1.91. The molecule has 2 atom stereocenters. The van der Waals surface area contributed by atoms with E-state index in [9.17, 15) is 4.79 Å². The Balaban J connectivity index is 2.15. The van der Waals surface area contributed by atoms with Gasteiger partial charge in [0.25, 0.3) is 0 Å². The molecule has 1 aromatic rings. The largest absolute Gasteiger partial charge is 0.338 e. The molecule has 1 aliphatic rings. The number of carbonyl (C=O) groups excluding carboxylic acids is 1. The number of aromatic nitrogens is 1. The van der Waals surface area contributed by atoms with E-state index in [1.165, 1.54) is 0 Å². The Morgan fingerprint density at radius 1 is 1.53 bits per heavy atom. The van der Waals surface area contributed by atoms with Crippen molar-refractivity contribution in [1.29, 1.82) is 0 Å². The summed E-state index contributed by atoms with van der Waals surface area (Å²) in [4.78, 5) is 18.7. The Morgan fingerprint density at radius 2 is 2.21 bits per heavy atom. The van der Waals surface area contributed by atoms with Gasteiger partial charge in [0.05, 0.1) is 11.5 Å². The SMILES string of the molecule is CCC1(C(=O)N(C)C(C)c2ccncc2)CCNC1. The average molecular weight is 261 g/mol. The van der Waals surface area contributed by atoms with Crippen LogP contribution in [-0.4, -0.2) is 35.9 Å². The van der Waals surface area contributed by atoms with Crippen LogP contribution in [0.2, 0.25) is 0 Å². The molecule has 2 heterocycles. The highest BCUT2D eigenvalue weighted by atomic mass is 16.2. The first-order chi connectivity index (χ1) is 9.10. The fourth-order valence-electron chi connectivity index (χ4n) is 2.79. The van der Waals surface area contributed by atoms with Crippen LogP contribution in [0.3, 0.4) is 0 Å². The number of nitrogens with one attached hydrogen (secondary N) is 1. The van der Waals surface area contributed by atoms with E-state index < -0.39 is 0 Å². The fraction of sp³-hybridized carbons (Fsp3) is 0.600. The lowest BCUT2D eigenvalue weighted by atomic mass is 9.82. The first-order valence-corrected chi connectivity index (χ1v) is 6.98. The monoisotopic (exact) mass is 261 g/mol. The van der Waals surface area contributed by atoms with Gasteiger partial charge in [0.2, 0.25) is 5.91 Å². The summed E-state index contributed by atoms with van der Waals surface area (Å²) in [6, 6.07) is 4.03. The summed E-state index contributed by atoms with van der Waals surface area (Å²) in [6.07, 6.45) is 5.38. The summed E-state index contributed by atoms with van der Waals surface area (Å²) < 4.78 is 0. The highest BCUT2D eigenvalue weighted by Crippen LogP contribution is 2.33. The average Bonchev–Trinajstić information content (AvgIpc) is 2.96. The molecule has 0 saturated carbocycles. The summed E-state index contributed by atoms with van der Waals surface area (Å²) in [6.45, 7) is 5.92. The van der Waals surface area contributed by atoms with Crippen LogP contribution in [-0.2, 0) is 4.79 Å². The molecule has 1 aromatic heterocycles. The first kappa shape index (κ1) is 14.0. The molecule has 1 aliphatic heterocycles. The van der Waals surface area contributed by atoms with Crippen molar-refractivity contribution in [3.63, 3.8) is 0 Å². The summed E-state index contributed by atoms with van der Waals surface area (Å²) >= 11 is 0. The Morgan fingerprint density at radius 3 is 2.74 bits per heavy atom. The van der Waals surface area contributed by atoms with Crippen LogP contribution in [0.5, 0.6) is 0 Å². The Kier molecular flexibility index (Phi) is 4.20. The van der Waals surface area contributed by atoms with Gasteiger partial charge in [-0.05, 0) is 44.0 Å².